The number of piperidine rings is 1. The van der Waals surface area contributed by atoms with Crippen molar-refractivity contribution in [1.29, 1.82) is 0 Å². The fourth-order valence-electron chi connectivity index (χ4n) is 2.74. The summed E-state index contributed by atoms with van der Waals surface area (Å²) in [6.45, 7) is 7.20. The number of carbonyl (C=O) groups excluding carboxylic acids is 2. The van der Waals surface area contributed by atoms with E-state index in [4.69, 9.17) is 9.47 Å². The third kappa shape index (κ3) is 4.71. The molecule has 1 aliphatic rings. The van der Waals surface area contributed by atoms with Gasteiger partial charge in [0.2, 0.25) is 0 Å². The van der Waals surface area contributed by atoms with E-state index in [1.165, 1.54) is 0 Å². The molecule has 5 nitrogen and oxygen atoms in total. The van der Waals surface area contributed by atoms with E-state index in [0.29, 0.717) is 25.3 Å². The normalized spacial score (nSPS) is 17.9. The molecular weight excluding hydrogens is 294 g/mol. The number of hydrogen-bond donors (Lipinski definition) is 0. The minimum Gasteiger partial charge on any atom is -0.491 e. The van der Waals surface area contributed by atoms with Crippen LogP contribution >= 0.6 is 0 Å². The van der Waals surface area contributed by atoms with Gasteiger partial charge in [0.05, 0.1) is 18.6 Å². The SMILES string of the molecule is CCOC(=O)C1CCCN(C(=O)c2ccc(OC(C)C)cc2)C1. The Hall–Kier alpha value is -2.04. The summed E-state index contributed by atoms with van der Waals surface area (Å²) in [5, 5.41) is 0. The molecule has 5 heteroatoms. The molecule has 126 valence electrons. The molecule has 1 aromatic rings. The summed E-state index contributed by atoms with van der Waals surface area (Å²) < 4.78 is 10.7. The predicted octanol–water partition coefficient (Wildman–Crippen LogP) is 2.89. The minimum absolute atomic E-state index is 0.0462. The summed E-state index contributed by atoms with van der Waals surface area (Å²) in [5.41, 5.74) is 0.616. The molecule has 0 saturated carbocycles. The van der Waals surface area contributed by atoms with Gasteiger partial charge in [-0.15, -0.1) is 0 Å². The lowest BCUT2D eigenvalue weighted by molar-refractivity contribution is -0.149. The van der Waals surface area contributed by atoms with Crippen molar-refractivity contribution in [3.63, 3.8) is 0 Å². The fraction of sp³-hybridized carbons (Fsp3) is 0.556. The topological polar surface area (TPSA) is 55.8 Å². The number of benzene rings is 1. The van der Waals surface area contributed by atoms with Crippen LogP contribution in [0.4, 0.5) is 0 Å². The zero-order valence-electron chi connectivity index (χ0n) is 14.1. The van der Waals surface area contributed by atoms with Crippen molar-refractivity contribution in [2.24, 2.45) is 5.92 Å². The molecule has 1 heterocycles. The van der Waals surface area contributed by atoms with Crippen molar-refractivity contribution < 1.29 is 19.1 Å². The van der Waals surface area contributed by atoms with Crippen molar-refractivity contribution in [2.45, 2.75) is 39.7 Å². The van der Waals surface area contributed by atoms with Gasteiger partial charge in [-0.05, 0) is 57.9 Å². The first kappa shape index (κ1) is 17.3. The van der Waals surface area contributed by atoms with Gasteiger partial charge in [0.25, 0.3) is 5.91 Å². The summed E-state index contributed by atoms with van der Waals surface area (Å²) in [4.78, 5) is 26.2. The third-order valence-corrected chi connectivity index (χ3v) is 3.80. The van der Waals surface area contributed by atoms with Gasteiger partial charge in [0, 0.05) is 18.7 Å². The molecule has 1 fully saturated rings. The van der Waals surface area contributed by atoms with E-state index in [0.717, 1.165) is 18.6 Å². The molecule has 0 radical (unpaired) electrons. The average Bonchev–Trinajstić information content (AvgIpc) is 2.55. The second-order valence-corrected chi connectivity index (χ2v) is 6.03. The number of likely N-dealkylation sites (tertiary alicyclic amines) is 1. The summed E-state index contributed by atoms with van der Waals surface area (Å²) >= 11 is 0. The van der Waals surface area contributed by atoms with Gasteiger partial charge < -0.3 is 14.4 Å². The standard InChI is InChI=1S/C18H25NO4/c1-4-22-18(21)15-6-5-11-19(12-15)17(20)14-7-9-16(10-8-14)23-13(2)3/h7-10,13,15H,4-6,11-12H2,1-3H3. The van der Waals surface area contributed by atoms with Crippen LogP contribution in [-0.4, -0.2) is 42.6 Å². The Balaban J connectivity index is 2.00. The lowest BCUT2D eigenvalue weighted by Crippen LogP contribution is -2.42. The van der Waals surface area contributed by atoms with E-state index >= 15 is 0 Å². The number of carbonyl (C=O) groups is 2. The highest BCUT2D eigenvalue weighted by atomic mass is 16.5. The monoisotopic (exact) mass is 319 g/mol. The van der Waals surface area contributed by atoms with Crippen molar-refractivity contribution >= 4 is 11.9 Å². The molecule has 0 N–H and O–H groups in total. The maximum atomic E-state index is 12.6. The van der Waals surface area contributed by atoms with Crippen LogP contribution in [0.25, 0.3) is 0 Å². The Morgan fingerprint density at radius 2 is 1.96 bits per heavy atom. The molecule has 1 aromatic carbocycles. The summed E-state index contributed by atoms with van der Waals surface area (Å²) in [6, 6.07) is 7.15. The smallest absolute Gasteiger partial charge is 0.310 e. The predicted molar refractivity (Wildman–Crippen MR) is 87.5 cm³/mol. The van der Waals surface area contributed by atoms with Gasteiger partial charge in [0.15, 0.2) is 0 Å². The summed E-state index contributed by atoms with van der Waals surface area (Å²) in [6.07, 6.45) is 1.71. The summed E-state index contributed by atoms with van der Waals surface area (Å²) in [5.74, 6) is 0.288. The lowest BCUT2D eigenvalue weighted by Gasteiger charge is -2.31. The van der Waals surface area contributed by atoms with E-state index in [-0.39, 0.29) is 23.9 Å². The van der Waals surface area contributed by atoms with Crippen molar-refractivity contribution in [2.75, 3.05) is 19.7 Å². The number of esters is 1. The molecule has 1 aliphatic heterocycles. The Kier molecular flexibility index (Phi) is 6.02. The third-order valence-electron chi connectivity index (χ3n) is 3.80. The molecule has 0 spiro atoms. The van der Waals surface area contributed by atoms with Gasteiger partial charge in [-0.25, -0.2) is 0 Å². The van der Waals surface area contributed by atoms with Crippen molar-refractivity contribution in [1.82, 2.24) is 4.90 Å². The Morgan fingerprint density at radius 3 is 2.57 bits per heavy atom. The minimum atomic E-state index is -0.212. The van der Waals surface area contributed by atoms with E-state index in [2.05, 4.69) is 0 Å². The fourth-order valence-corrected chi connectivity index (χ4v) is 2.74. The van der Waals surface area contributed by atoms with Gasteiger partial charge in [-0.3, -0.25) is 9.59 Å². The quantitative estimate of drug-likeness (QED) is 0.783. The molecule has 23 heavy (non-hydrogen) atoms. The average molecular weight is 319 g/mol. The van der Waals surface area contributed by atoms with Crippen LogP contribution < -0.4 is 4.74 Å². The van der Waals surface area contributed by atoms with Crippen LogP contribution in [0.3, 0.4) is 0 Å². The van der Waals surface area contributed by atoms with Crippen molar-refractivity contribution in [3.05, 3.63) is 29.8 Å². The molecule has 1 atom stereocenters. The second-order valence-electron chi connectivity index (χ2n) is 6.03. The van der Waals surface area contributed by atoms with Crippen molar-refractivity contribution in [3.8, 4) is 5.75 Å². The largest absolute Gasteiger partial charge is 0.491 e. The van der Waals surface area contributed by atoms with E-state index < -0.39 is 0 Å². The van der Waals surface area contributed by atoms with E-state index in [9.17, 15) is 9.59 Å². The molecule has 1 unspecified atom stereocenters. The summed E-state index contributed by atoms with van der Waals surface area (Å²) in [7, 11) is 0. The zero-order chi connectivity index (χ0) is 16.8. The number of ether oxygens (including phenoxy) is 2. The Bertz CT molecular complexity index is 538. The highest BCUT2D eigenvalue weighted by Crippen LogP contribution is 2.21. The molecule has 1 saturated heterocycles. The van der Waals surface area contributed by atoms with Gasteiger partial charge in [0.1, 0.15) is 5.75 Å². The van der Waals surface area contributed by atoms with E-state index in [1.54, 1.807) is 36.1 Å². The Morgan fingerprint density at radius 1 is 1.26 bits per heavy atom. The highest BCUT2D eigenvalue weighted by Gasteiger charge is 2.29. The molecule has 2 rings (SSSR count). The van der Waals surface area contributed by atoms with Gasteiger partial charge in [-0.2, -0.15) is 0 Å². The van der Waals surface area contributed by atoms with Crippen LogP contribution in [-0.2, 0) is 9.53 Å². The first-order valence-electron chi connectivity index (χ1n) is 8.24. The number of hydrogen-bond acceptors (Lipinski definition) is 4. The van der Waals surface area contributed by atoms with Crippen LogP contribution in [0.15, 0.2) is 24.3 Å². The van der Waals surface area contributed by atoms with Crippen LogP contribution in [0.5, 0.6) is 5.75 Å². The van der Waals surface area contributed by atoms with Crippen LogP contribution in [0.2, 0.25) is 0 Å². The zero-order valence-corrected chi connectivity index (χ0v) is 14.1. The maximum Gasteiger partial charge on any atom is 0.310 e. The number of amides is 1. The molecular formula is C18H25NO4. The van der Waals surface area contributed by atoms with Crippen LogP contribution in [0.1, 0.15) is 44.0 Å². The highest BCUT2D eigenvalue weighted by molar-refractivity contribution is 5.94. The molecule has 0 bridgehead atoms. The molecule has 0 aliphatic carbocycles. The lowest BCUT2D eigenvalue weighted by atomic mass is 9.97. The second kappa shape index (κ2) is 7.99. The first-order valence-corrected chi connectivity index (χ1v) is 8.24. The Labute approximate surface area is 137 Å². The number of nitrogens with zero attached hydrogens (tertiary/aromatic N) is 1. The number of rotatable bonds is 5. The molecule has 0 aromatic heterocycles. The maximum absolute atomic E-state index is 12.6. The first-order chi connectivity index (χ1) is 11.0. The van der Waals surface area contributed by atoms with Gasteiger partial charge in [-0.1, -0.05) is 0 Å². The molecule has 1 amide bonds. The van der Waals surface area contributed by atoms with E-state index in [1.807, 2.05) is 13.8 Å². The van der Waals surface area contributed by atoms with Gasteiger partial charge >= 0.3 is 5.97 Å². The van der Waals surface area contributed by atoms with Crippen LogP contribution in [0, 0.1) is 5.92 Å².